The number of carbonyl (C=O) groups excluding carboxylic acids is 1. The minimum absolute atomic E-state index is 0.112. The van der Waals surface area contributed by atoms with Crippen molar-refractivity contribution in [3.63, 3.8) is 0 Å². The highest BCUT2D eigenvalue weighted by Gasteiger charge is 2.45. The van der Waals surface area contributed by atoms with Gasteiger partial charge in [0.05, 0.1) is 10.4 Å². The Kier molecular flexibility index (Phi) is 4.66. The highest BCUT2D eigenvalue weighted by atomic mass is 79.9. The van der Waals surface area contributed by atoms with Gasteiger partial charge in [-0.2, -0.15) is 4.57 Å². The molecule has 4 nitrogen and oxygen atoms in total. The Morgan fingerprint density at radius 3 is 2.62 bits per heavy atom. The second-order valence-electron chi connectivity index (χ2n) is 5.26. The average Bonchev–Trinajstić information content (AvgIpc) is 2.57. The van der Waals surface area contributed by atoms with Crippen LogP contribution >= 0.6 is 28.1 Å². The first kappa shape index (κ1) is 16.6. The standard InChI is InChI=1S/C17H11BrFN3OS/c18-12-8-10(4-5-13(12)19)14-11(9-20)17(24)21-16(23)15(14)22-6-2-1-3-7-22/h1-8,14-15H,(H,21,23,24). The number of piperidine rings is 1. The third-order valence-corrected chi connectivity index (χ3v) is 4.79. The minimum Gasteiger partial charge on any atom is -0.763 e. The van der Waals surface area contributed by atoms with Crippen molar-refractivity contribution in [3.05, 3.63) is 75.6 Å². The molecule has 1 N–H and O–H groups in total. The smallest absolute Gasteiger partial charge is 0.295 e. The number of hydrogen-bond donors (Lipinski definition) is 1. The molecule has 2 unspecified atom stereocenters. The van der Waals surface area contributed by atoms with E-state index in [9.17, 15) is 14.6 Å². The van der Waals surface area contributed by atoms with Gasteiger partial charge in [0.2, 0.25) is 6.04 Å². The molecule has 1 fully saturated rings. The summed E-state index contributed by atoms with van der Waals surface area (Å²) in [5.41, 5.74) is 0.919. The number of halogens is 2. The van der Waals surface area contributed by atoms with Crippen LogP contribution in [-0.4, -0.2) is 16.8 Å². The molecule has 2 aromatic rings. The van der Waals surface area contributed by atoms with E-state index in [0.29, 0.717) is 5.56 Å². The molecule has 1 aliphatic rings. The highest BCUT2D eigenvalue weighted by molar-refractivity contribution is 9.10. The Morgan fingerprint density at radius 2 is 2.00 bits per heavy atom. The molecule has 1 aromatic carbocycles. The number of rotatable bonds is 2. The average molecular weight is 404 g/mol. The number of amides is 1. The number of hydrogen-bond acceptors (Lipinski definition) is 2. The Bertz CT molecular complexity index is 881. The van der Waals surface area contributed by atoms with Gasteiger partial charge in [-0.3, -0.25) is 10.7 Å². The summed E-state index contributed by atoms with van der Waals surface area (Å²) >= 11 is 8.31. The molecule has 1 saturated heterocycles. The SMILES string of the molecule is [N-]=C=C1C(=S)NC(=O)C([n+]2ccccc2)C1c1ccc(F)c(Br)c1. The third-order valence-electron chi connectivity index (χ3n) is 3.86. The van der Waals surface area contributed by atoms with Crippen molar-refractivity contribution in [1.29, 1.82) is 0 Å². The molecule has 0 saturated carbocycles. The molecule has 0 aliphatic carbocycles. The topological polar surface area (TPSA) is 55.3 Å². The first-order valence-electron chi connectivity index (χ1n) is 7.06. The third kappa shape index (κ3) is 2.94. The Morgan fingerprint density at radius 1 is 1.29 bits per heavy atom. The zero-order valence-corrected chi connectivity index (χ0v) is 14.6. The van der Waals surface area contributed by atoms with Gasteiger partial charge >= 0.3 is 0 Å². The van der Waals surface area contributed by atoms with Crippen molar-refractivity contribution in [1.82, 2.24) is 5.32 Å². The molecule has 3 rings (SSSR count). The molecule has 0 spiro atoms. The maximum Gasteiger partial charge on any atom is 0.295 e. The minimum atomic E-state index is -0.690. The van der Waals surface area contributed by atoms with Gasteiger partial charge in [-0.1, -0.05) is 24.4 Å². The van der Waals surface area contributed by atoms with Crippen LogP contribution in [0.15, 0.2) is 58.8 Å². The van der Waals surface area contributed by atoms with E-state index in [4.69, 9.17) is 12.2 Å². The Labute approximate surface area is 151 Å². The lowest BCUT2D eigenvalue weighted by Crippen LogP contribution is -2.56. The number of nitrogens with one attached hydrogen (secondary N) is 1. The normalized spacial score (nSPS) is 20.5. The van der Waals surface area contributed by atoms with Crippen LogP contribution in [0.1, 0.15) is 17.5 Å². The first-order valence-corrected chi connectivity index (χ1v) is 8.26. The number of benzene rings is 1. The van der Waals surface area contributed by atoms with E-state index in [1.54, 1.807) is 41.2 Å². The van der Waals surface area contributed by atoms with E-state index in [1.807, 2.05) is 6.07 Å². The van der Waals surface area contributed by atoms with Gasteiger partial charge in [0, 0.05) is 17.7 Å². The van der Waals surface area contributed by atoms with Crippen LogP contribution in [0, 0.1) is 5.82 Å². The summed E-state index contributed by atoms with van der Waals surface area (Å²) in [5, 5.41) is 12.1. The maximum absolute atomic E-state index is 13.6. The van der Waals surface area contributed by atoms with Gasteiger partial charge in [0.1, 0.15) is 10.8 Å². The molecule has 24 heavy (non-hydrogen) atoms. The largest absolute Gasteiger partial charge is 0.763 e. The van der Waals surface area contributed by atoms with Crippen LogP contribution in [0.5, 0.6) is 0 Å². The van der Waals surface area contributed by atoms with Crippen LogP contribution in [-0.2, 0) is 4.79 Å². The van der Waals surface area contributed by atoms with Gasteiger partial charge in [-0.05, 0) is 33.6 Å². The fraction of sp³-hybridized carbons (Fsp3) is 0.118. The van der Waals surface area contributed by atoms with Crippen molar-refractivity contribution in [2.75, 3.05) is 0 Å². The highest BCUT2D eigenvalue weighted by Crippen LogP contribution is 2.36. The molecule has 120 valence electrons. The van der Waals surface area contributed by atoms with Crippen LogP contribution in [0.25, 0.3) is 5.41 Å². The molecule has 1 amide bonds. The molecule has 2 atom stereocenters. The van der Waals surface area contributed by atoms with Crippen LogP contribution < -0.4 is 9.88 Å². The zero-order chi connectivity index (χ0) is 17.3. The fourth-order valence-corrected chi connectivity index (χ4v) is 3.45. The molecule has 7 heteroatoms. The summed E-state index contributed by atoms with van der Waals surface area (Å²) in [6.45, 7) is 0. The molecular weight excluding hydrogens is 393 g/mol. The van der Waals surface area contributed by atoms with Gasteiger partial charge in [-0.15, -0.1) is 0 Å². The molecule has 0 bridgehead atoms. The predicted octanol–water partition coefficient (Wildman–Crippen LogP) is 2.82. The van der Waals surface area contributed by atoms with E-state index < -0.39 is 17.8 Å². The lowest BCUT2D eigenvalue weighted by atomic mass is 9.82. The number of carbonyl (C=O) groups is 1. The summed E-state index contributed by atoms with van der Waals surface area (Å²) in [6, 6.07) is 9.18. The van der Waals surface area contributed by atoms with Gasteiger partial charge < -0.3 is 10.7 Å². The summed E-state index contributed by atoms with van der Waals surface area (Å²) in [7, 11) is 0. The van der Waals surface area contributed by atoms with Crippen molar-refractivity contribution in [2.45, 2.75) is 12.0 Å². The summed E-state index contributed by atoms with van der Waals surface area (Å²) in [4.78, 5) is 12.7. The molecule has 0 radical (unpaired) electrons. The van der Waals surface area contributed by atoms with Crippen LogP contribution in [0.3, 0.4) is 0 Å². The maximum atomic E-state index is 13.6. The summed E-state index contributed by atoms with van der Waals surface area (Å²) in [6.07, 6.45) is 3.50. The van der Waals surface area contributed by atoms with E-state index in [0.717, 1.165) is 0 Å². The van der Waals surface area contributed by atoms with Crippen LogP contribution in [0.2, 0.25) is 0 Å². The summed E-state index contributed by atoms with van der Waals surface area (Å²) in [5.74, 6) is 0.780. The van der Waals surface area contributed by atoms with Crippen molar-refractivity contribution in [3.8, 4) is 0 Å². The van der Waals surface area contributed by atoms with Gasteiger partial charge in [0.15, 0.2) is 12.4 Å². The molecule has 2 heterocycles. The molecule has 1 aromatic heterocycles. The molecular formula is C17H11BrFN3OS. The molecule has 1 aliphatic heterocycles. The van der Waals surface area contributed by atoms with Crippen LogP contribution in [0.4, 0.5) is 4.39 Å². The number of pyridine rings is 1. The Hall–Kier alpha value is -2.21. The summed E-state index contributed by atoms with van der Waals surface area (Å²) < 4.78 is 15.6. The van der Waals surface area contributed by atoms with E-state index >= 15 is 0 Å². The first-order chi connectivity index (χ1) is 11.5. The van der Waals surface area contributed by atoms with Gasteiger partial charge in [-0.25, -0.2) is 4.39 Å². The predicted molar refractivity (Wildman–Crippen MR) is 95.1 cm³/mol. The van der Waals surface area contributed by atoms with Crippen molar-refractivity contribution >= 4 is 44.9 Å². The lowest BCUT2D eigenvalue weighted by molar-refractivity contribution is -0.711. The van der Waals surface area contributed by atoms with E-state index in [-0.39, 0.29) is 20.9 Å². The number of thiocarbonyl (C=S) groups is 1. The second kappa shape index (κ2) is 6.73. The second-order valence-corrected chi connectivity index (χ2v) is 6.53. The van der Waals surface area contributed by atoms with E-state index in [1.165, 1.54) is 6.07 Å². The lowest BCUT2D eigenvalue weighted by Gasteiger charge is -2.30. The Balaban J connectivity index is 2.20. The quantitative estimate of drug-likeness (QED) is 0.362. The van der Waals surface area contributed by atoms with Crippen molar-refractivity contribution < 1.29 is 13.8 Å². The van der Waals surface area contributed by atoms with E-state index in [2.05, 4.69) is 27.1 Å². The zero-order valence-electron chi connectivity index (χ0n) is 12.2. The monoisotopic (exact) mass is 403 g/mol. The number of nitrogens with zero attached hydrogens (tertiary/aromatic N) is 2. The van der Waals surface area contributed by atoms with Crippen molar-refractivity contribution in [2.24, 2.45) is 0 Å². The fourth-order valence-electron chi connectivity index (χ4n) is 2.78. The van der Waals surface area contributed by atoms with Gasteiger partial charge in [0.25, 0.3) is 5.91 Å². The number of aromatic nitrogens is 1.